The molecule has 0 amide bonds. The molecule has 1 aromatic carbocycles. The molecule has 2 aromatic heterocycles. The van der Waals surface area contributed by atoms with Crippen LogP contribution in [-0.4, -0.2) is 23.2 Å². The summed E-state index contributed by atoms with van der Waals surface area (Å²) in [5.41, 5.74) is 5.58. The van der Waals surface area contributed by atoms with Gasteiger partial charge in [0.05, 0.1) is 28.9 Å². The van der Waals surface area contributed by atoms with Crippen LogP contribution in [0.3, 0.4) is 0 Å². The zero-order chi connectivity index (χ0) is 21.3. The number of nitrogens with one attached hydrogen (secondary N) is 1. The Balaban J connectivity index is 1.61. The van der Waals surface area contributed by atoms with E-state index in [4.69, 9.17) is 5.10 Å². The first kappa shape index (κ1) is 20.8. The summed E-state index contributed by atoms with van der Waals surface area (Å²) in [4.78, 5) is 4.44. The lowest BCUT2D eigenvalue weighted by molar-refractivity contribution is 0.467. The third-order valence-electron chi connectivity index (χ3n) is 5.96. The van der Waals surface area contributed by atoms with Crippen molar-refractivity contribution in [2.24, 2.45) is 0 Å². The van der Waals surface area contributed by atoms with Crippen LogP contribution in [0.25, 0.3) is 11.3 Å². The first-order valence-corrected chi connectivity index (χ1v) is 11.9. The van der Waals surface area contributed by atoms with Gasteiger partial charge >= 0.3 is 0 Å². The number of rotatable bonds is 6. The Bertz CT molecular complexity index is 1150. The Kier molecular flexibility index (Phi) is 5.75. The van der Waals surface area contributed by atoms with E-state index in [1.807, 2.05) is 45.0 Å². The molecule has 4 rings (SSSR count). The molecule has 0 spiro atoms. The van der Waals surface area contributed by atoms with E-state index in [0.717, 1.165) is 46.5 Å². The number of hydrogen-bond donors (Lipinski definition) is 1. The van der Waals surface area contributed by atoms with Crippen molar-refractivity contribution in [2.45, 2.75) is 63.9 Å². The first-order chi connectivity index (χ1) is 14.3. The smallest absolute Gasteiger partial charge is 0.241 e. The fraction of sp³-hybridized carbons (Fsp3) is 0.391. The third kappa shape index (κ3) is 4.18. The molecule has 1 fully saturated rings. The SMILES string of the molecule is Cc1cc(C)c(S(=O)(=O)NCc2cc(-c3ccncc3)n(C3CCCC3)n2)cc1C. The van der Waals surface area contributed by atoms with E-state index in [1.54, 1.807) is 18.5 Å². The second kappa shape index (κ2) is 8.32. The molecule has 0 unspecified atom stereocenters. The van der Waals surface area contributed by atoms with Crippen molar-refractivity contribution in [1.29, 1.82) is 0 Å². The summed E-state index contributed by atoms with van der Waals surface area (Å²) in [5, 5.41) is 4.79. The van der Waals surface area contributed by atoms with Crippen molar-refractivity contribution >= 4 is 10.0 Å². The highest BCUT2D eigenvalue weighted by Gasteiger charge is 2.23. The Morgan fingerprint density at radius 2 is 1.67 bits per heavy atom. The van der Waals surface area contributed by atoms with Crippen LogP contribution in [-0.2, 0) is 16.6 Å². The second-order valence-electron chi connectivity index (χ2n) is 8.17. The molecule has 0 radical (unpaired) electrons. The van der Waals surface area contributed by atoms with Gasteiger partial charge in [0, 0.05) is 18.0 Å². The molecule has 1 N–H and O–H groups in total. The van der Waals surface area contributed by atoms with Crippen molar-refractivity contribution in [3.63, 3.8) is 0 Å². The van der Waals surface area contributed by atoms with Crippen LogP contribution in [0.2, 0.25) is 0 Å². The summed E-state index contributed by atoms with van der Waals surface area (Å²) in [5.74, 6) is 0. The standard InChI is InChI=1S/C23H28N4O2S/c1-16-12-18(3)23(13-17(16)2)30(28,29)25-15-20-14-22(19-8-10-24-11-9-19)27(26-20)21-6-4-5-7-21/h8-14,21,25H,4-7,15H2,1-3H3. The summed E-state index contributed by atoms with van der Waals surface area (Å²) >= 11 is 0. The van der Waals surface area contributed by atoms with Crippen molar-refractivity contribution in [1.82, 2.24) is 19.5 Å². The number of sulfonamides is 1. The molecule has 158 valence electrons. The van der Waals surface area contributed by atoms with E-state index in [9.17, 15) is 8.42 Å². The largest absolute Gasteiger partial charge is 0.265 e. The van der Waals surface area contributed by atoms with Crippen LogP contribution in [0.15, 0.2) is 47.6 Å². The fourth-order valence-corrected chi connectivity index (χ4v) is 5.48. The third-order valence-corrected chi connectivity index (χ3v) is 7.50. The van der Waals surface area contributed by atoms with Gasteiger partial charge in [-0.25, -0.2) is 13.1 Å². The average Bonchev–Trinajstić information content (AvgIpc) is 3.39. The predicted octanol–water partition coefficient (Wildman–Crippen LogP) is 4.46. The minimum atomic E-state index is -3.62. The molecule has 1 aliphatic carbocycles. The van der Waals surface area contributed by atoms with E-state index in [0.29, 0.717) is 10.9 Å². The van der Waals surface area contributed by atoms with E-state index < -0.39 is 10.0 Å². The van der Waals surface area contributed by atoms with Crippen molar-refractivity contribution in [2.75, 3.05) is 0 Å². The molecule has 1 aliphatic rings. The summed E-state index contributed by atoms with van der Waals surface area (Å²) < 4.78 is 30.7. The molecule has 0 atom stereocenters. The van der Waals surface area contributed by atoms with Gasteiger partial charge in [0.1, 0.15) is 0 Å². The zero-order valence-corrected chi connectivity index (χ0v) is 18.5. The molecule has 0 aliphatic heterocycles. The second-order valence-corrected chi connectivity index (χ2v) is 9.90. The Morgan fingerprint density at radius 3 is 2.37 bits per heavy atom. The highest BCUT2D eigenvalue weighted by Crippen LogP contribution is 2.33. The maximum atomic E-state index is 13.0. The quantitative estimate of drug-likeness (QED) is 0.634. The van der Waals surface area contributed by atoms with Crippen LogP contribution in [0, 0.1) is 20.8 Å². The Hall–Kier alpha value is -2.51. The van der Waals surface area contributed by atoms with Gasteiger partial charge in [-0.15, -0.1) is 0 Å². The molecule has 0 bridgehead atoms. The van der Waals surface area contributed by atoms with Gasteiger partial charge in [0.2, 0.25) is 10.0 Å². The number of nitrogens with zero attached hydrogens (tertiary/aromatic N) is 3. The molecule has 2 heterocycles. The topological polar surface area (TPSA) is 76.9 Å². The highest BCUT2D eigenvalue weighted by atomic mass is 32.2. The van der Waals surface area contributed by atoms with Gasteiger partial charge in [-0.05, 0) is 74.6 Å². The monoisotopic (exact) mass is 424 g/mol. The van der Waals surface area contributed by atoms with Crippen LogP contribution >= 0.6 is 0 Å². The highest BCUT2D eigenvalue weighted by molar-refractivity contribution is 7.89. The lowest BCUT2D eigenvalue weighted by atomic mass is 10.1. The van der Waals surface area contributed by atoms with Crippen LogP contribution in [0.5, 0.6) is 0 Å². The Labute approximate surface area is 178 Å². The van der Waals surface area contributed by atoms with E-state index in [-0.39, 0.29) is 6.54 Å². The summed E-state index contributed by atoms with van der Waals surface area (Å²) in [6.45, 7) is 5.91. The molecule has 3 aromatic rings. The van der Waals surface area contributed by atoms with Crippen LogP contribution in [0.4, 0.5) is 0 Å². The average molecular weight is 425 g/mol. The number of benzene rings is 1. The minimum Gasteiger partial charge on any atom is -0.265 e. The summed E-state index contributed by atoms with van der Waals surface area (Å²) in [7, 11) is -3.62. The van der Waals surface area contributed by atoms with Crippen LogP contribution in [0.1, 0.15) is 54.1 Å². The normalized spacial score (nSPS) is 15.0. The van der Waals surface area contributed by atoms with E-state index >= 15 is 0 Å². The lowest BCUT2D eigenvalue weighted by Crippen LogP contribution is -2.24. The van der Waals surface area contributed by atoms with E-state index in [1.165, 1.54) is 12.8 Å². The van der Waals surface area contributed by atoms with Crippen LogP contribution < -0.4 is 4.72 Å². The zero-order valence-electron chi connectivity index (χ0n) is 17.7. The predicted molar refractivity (Wildman–Crippen MR) is 118 cm³/mol. The molecule has 30 heavy (non-hydrogen) atoms. The van der Waals surface area contributed by atoms with Gasteiger partial charge in [-0.2, -0.15) is 5.10 Å². The van der Waals surface area contributed by atoms with Crippen molar-refractivity contribution < 1.29 is 8.42 Å². The maximum Gasteiger partial charge on any atom is 0.241 e. The van der Waals surface area contributed by atoms with Gasteiger partial charge in [-0.1, -0.05) is 18.9 Å². The molecule has 0 saturated heterocycles. The van der Waals surface area contributed by atoms with Crippen molar-refractivity contribution in [3.05, 3.63) is 65.1 Å². The number of pyridine rings is 1. The van der Waals surface area contributed by atoms with Gasteiger partial charge in [0.15, 0.2) is 0 Å². The number of aromatic nitrogens is 3. The molecule has 6 nitrogen and oxygen atoms in total. The molecule has 1 saturated carbocycles. The van der Waals surface area contributed by atoms with Gasteiger partial charge in [0.25, 0.3) is 0 Å². The first-order valence-electron chi connectivity index (χ1n) is 10.4. The summed E-state index contributed by atoms with van der Waals surface area (Å²) in [6.07, 6.45) is 8.15. The summed E-state index contributed by atoms with van der Waals surface area (Å²) in [6, 6.07) is 9.94. The van der Waals surface area contributed by atoms with Gasteiger partial charge in [-0.3, -0.25) is 9.67 Å². The maximum absolute atomic E-state index is 13.0. The molecule has 7 heteroatoms. The lowest BCUT2D eigenvalue weighted by Gasteiger charge is -2.14. The number of hydrogen-bond acceptors (Lipinski definition) is 4. The van der Waals surface area contributed by atoms with Gasteiger partial charge < -0.3 is 0 Å². The molecular weight excluding hydrogens is 396 g/mol. The Morgan fingerprint density at radius 1 is 1.00 bits per heavy atom. The molecular formula is C23H28N4O2S. The minimum absolute atomic E-state index is 0.159. The van der Waals surface area contributed by atoms with E-state index in [2.05, 4.69) is 14.4 Å². The van der Waals surface area contributed by atoms with Crippen molar-refractivity contribution in [3.8, 4) is 11.3 Å². The number of aryl methyl sites for hydroxylation is 3. The fourth-order valence-electron chi connectivity index (χ4n) is 4.17.